The van der Waals surface area contributed by atoms with Crippen LogP contribution in [0.4, 0.5) is 4.39 Å². The number of aromatic amines is 1. The first-order valence-electron chi connectivity index (χ1n) is 10.8. The minimum atomic E-state index is -0.481. The number of nitrogens with one attached hydrogen (secondary N) is 2. The van der Waals surface area contributed by atoms with Gasteiger partial charge >= 0.3 is 0 Å². The molecule has 0 radical (unpaired) electrons. The topological polar surface area (TPSA) is 88.5 Å². The van der Waals surface area contributed by atoms with Crippen LogP contribution >= 0.6 is 34.8 Å². The van der Waals surface area contributed by atoms with Gasteiger partial charge in [-0.1, -0.05) is 46.9 Å². The summed E-state index contributed by atoms with van der Waals surface area (Å²) in [6.45, 7) is 1.86. The number of fused-ring (bicyclic) bond motifs is 1. The highest BCUT2D eigenvalue weighted by atomic mass is 35.5. The van der Waals surface area contributed by atoms with E-state index in [-0.39, 0.29) is 22.2 Å². The molecular weight excluding hydrogens is 526 g/mol. The second-order valence-corrected chi connectivity index (χ2v) is 9.37. The molecule has 0 spiro atoms. The van der Waals surface area contributed by atoms with E-state index in [0.717, 1.165) is 5.52 Å². The van der Waals surface area contributed by atoms with E-state index in [9.17, 15) is 9.18 Å². The molecule has 0 fully saturated rings. The van der Waals surface area contributed by atoms with Crippen LogP contribution in [0.15, 0.2) is 60.9 Å². The molecule has 0 saturated heterocycles. The Hall–Kier alpha value is -3.46. The Morgan fingerprint density at radius 2 is 1.89 bits per heavy atom. The van der Waals surface area contributed by atoms with Gasteiger partial charge in [0, 0.05) is 11.6 Å². The summed E-state index contributed by atoms with van der Waals surface area (Å²) in [5, 5.41) is 7.97. The van der Waals surface area contributed by atoms with Gasteiger partial charge in [0.15, 0.2) is 0 Å². The van der Waals surface area contributed by atoms with E-state index in [2.05, 4.69) is 25.4 Å². The first kappa shape index (κ1) is 24.2. The fourth-order valence-corrected chi connectivity index (χ4v) is 4.74. The molecule has 1 atom stereocenters. The van der Waals surface area contributed by atoms with E-state index >= 15 is 0 Å². The summed E-state index contributed by atoms with van der Waals surface area (Å²) in [4.78, 5) is 25.1. The maximum atomic E-state index is 14.1. The fourth-order valence-electron chi connectivity index (χ4n) is 3.92. The van der Waals surface area contributed by atoms with Gasteiger partial charge in [-0.15, -0.1) is 0 Å². The molecule has 0 saturated carbocycles. The number of rotatable bonds is 6. The van der Waals surface area contributed by atoms with Crippen molar-refractivity contribution in [2.45, 2.75) is 12.8 Å². The Morgan fingerprint density at radius 1 is 1.11 bits per heavy atom. The molecule has 182 valence electrons. The van der Waals surface area contributed by atoms with E-state index < -0.39 is 17.6 Å². The average molecular weight is 544 g/mol. The molecule has 1 unspecified atom stereocenters. The average Bonchev–Trinajstić information content (AvgIpc) is 3.44. The van der Waals surface area contributed by atoms with Gasteiger partial charge in [0.25, 0.3) is 5.91 Å². The zero-order valence-electron chi connectivity index (χ0n) is 18.8. The number of halogens is 4. The van der Waals surface area contributed by atoms with Gasteiger partial charge in [-0.2, -0.15) is 5.10 Å². The Morgan fingerprint density at radius 3 is 2.58 bits per heavy atom. The largest absolute Gasteiger partial charge is 0.351 e. The molecule has 0 aliphatic rings. The minimum Gasteiger partial charge on any atom is -0.351 e. The molecule has 2 heterocycles. The third-order valence-corrected chi connectivity index (χ3v) is 6.47. The van der Waals surface area contributed by atoms with E-state index in [0.29, 0.717) is 33.4 Å². The second-order valence-electron chi connectivity index (χ2n) is 8.12. The molecule has 36 heavy (non-hydrogen) atoms. The summed E-state index contributed by atoms with van der Waals surface area (Å²) >= 11 is 19.0. The van der Waals surface area contributed by atoms with Crippen molar-refractivity contribution >= 4 is 51.7 Å². The highest BCUT2D eigenvalue weighted by Crippen LogP contribution is 2.30. The molecule has 0 bridgehead atoms. The van der Waals surface area contributed by atoms with Crippen LogP contribution in [0.5, 0.6) is 0 Å². The maximum absolute atomic E-state index is 14.1. The van der Waals surface area contributed by atoms with Crippen molar-refractivity contribution in [3.63, 3.8) is 0 Å². The summed E-state index contributed by atoms with van der Waals surface area (Å²) in [5.41, 5.74) is 2.76. The van der Waals surface area contributed by atoms with Crippen LogP contribution in [-0.4, -0.2) is 37.2 Å². The standard InChI is InChI=1S/C25H18Cl3FN6O/c1-13-31-12-35(34-13)17-9-19(27)23(20(28)10-17)25(36)30-11-18(14-3-2-4-16(29)7-14)24-32-21-6-5-15(26)8-22(21)33-24/h2-10,12,18H,11H2,1H3,(H,30,36)(H,32,33). The van der Waals surface area contributed by atoms with E-state index in [4.69, 9.17) is 34.8 Å². The first-order chi connectivity index (χ1) is 17.3. The van der Waals surface area contributed by atoms with Gasteiger partial charge in [0.1, 0.15) is 23.8 Å². The number of imidazole rings is 1. The highest BCUT2D eigenvalue weighted by Gasteiger charge is 2.23. The summed E-state index contributed by atoms with van der Waals surface area (Å²) < 4.78 is 15.6. The van der Waals surface area contributed by atoms with Gasteiger partial charge in [-0.05, 0) is 55.0 Å². The maximum Gasteiger partial charge on any atom is 0.254 e. The van der Waals surface area contributed by atoms with Crippen molar-refractivity contribution in [2.75, 3.05) is 6.54 Å². The summed E-state index contributed by atoms with van der Waals surface area (Å²) in [7, 11) is 0. The monoisotopic (exact) mass is 542 g/mol. The van der Waals surface area contributed by atoms with E-state index in [1.165, 1.54) is 23.1 Å². The Balaban J connectivity index is 1.44. The van der Waals surface area contributed by atoms with Crippen LogP contribution in [-0.2, 0) is 0 Å². The second kappa shape index (κ2) is 9.89. The number of benzene rings is 3. The lowest BCUT2D eigenvalue weighted by Gasteiger charge is -2.17. The number of aryl methyl sites for hydroxylation is 1. The summed E-state index contributed by atoms with van der Waals surface area (Å²) in [5.74, 6) is -0.224. The van der Waals surface area contributed by atoms with Crippen LogP contribution in [0, 0.1) is 12.7 Å². The highest BCUT2D eigenvalue weighted by molar-refractivity contribution is 6.40. The number of nitrogens with zero attached hydrogens (tertiary/aromatic N) is 4. The summed E-state index contributed by atoms with van der Waals surface area (Å²) in [6.07, 6.45) is 1.53. The Bertz CT molecular complexity index is 1580. The van der Waals surface area contributed by atoms with Crippen molar-refractivity contribution < 1.29 is 9.18 Å². The molecule has 5 aromatic rings. The fraction of sp³-hybridized carbons (Fsp3) is 0.120. The predicted octanol–water partition coefficient (Wildman–Crippen LogP) is 6.11. The number of carbonyl (C=O) groups is 1. The quantitative estimate of drug-likeness (QED) is 0.270. The third-order valence-electron chi connectivity index (χ3n) is 5.63. The zero-order chi connectivity index (χ0) is 25.4. The molecule has 0 aliphatic carbocycles. The molecule has 2 aromatic heterocycles. The van der Waals surface area contributed by atoms with Gasteiger partial charge < -0.3 is 10.3 Å². The predicted molar refractivity (Wildman–Crippen MR) is 138 cm³/mol. The van der Waals surface area contributed by atoms with Gasteiger partial charge in [-0.3, -0.25) is 4.79 Å². The number of hydrogen-bond acceptors (Lipinski definition) is 4. The van der Waals surface area contributed by atoms with E-state index in [1.54, 1.807) is 49.4 Å². The van der Waals surface area contributed by atoms with Crippen LogP contribution < -0.4 is 5.32 Å². The van der Waals surface area contributed by atoms with Crippen LogP contribution in [0.2, 0.25) is 15.1 Å². The third kappa shape index (κ3) is 4.93. The molecule has 1 amide bonds. The molecule has 2 N–H and O–H groups in total. The Labute approximate surface area is 220 Å². The van der Waals surface area contributed by atoms with Crippen molar-refractivity contribution in [3.8, 4) is 5.69 Å². The van der Waals surface area contributed by atoms with Gasteiger partial charge in [0.2, 0.25) is 0 Å². The number of aromatic nitrogens is 5. The molecule has 7 nitrogen and oxygen atoms in total. The van der Waals surface area contributed by atoms with Crippen molar-refractivity contribution in [1.29, 1.82) is 0 Å². The van der Waals surface area contributed by atoms with E-state index in [1.807, 2.05) is 0 Å². The SMILES string of the molecule is Cc1ncn(-c2cc(Cl)c(C(=O)NCC(c3cccc(F)c3)c3nc4ccc(Cl)cc4[nH]3)c(Cl)c2)n1. The van der Waals surface area contributed by atoms with Crippen LogP contribution in [0.1, 0.15) is 33.5 Å². The minimum absolute atomic E-state index is 0.104. The molecule has 5 rings (SSSR count). The lowest BCUT2D eigenvalue weighted by atomic mass is 9.98. The van der Waals surface area contributed by atoms with Gasteiger partial charge in [-0.25, -0.2) is 19.0 Å². The normalized spacial score (nSPS) is 12.1. The lowest BCUT2D eigenvalue weighted by molar-refractivity contribution is 0.0952. The molecule has 0 aliphatic heterocycles. The van der Waals surface area contributed by atoms with Gasteiger partial charge in [0.05, 0.1) is 38.2 Å². The molecular formula is C25H18Cl3FN6O. The van der Waals surface area contributed by atoms with Crippen LogP contribution in [0.25, 0.3) is 16.7 Å². The molecule has 11 heteroatoms. The van der Waals surface area contributed by atoms with Crippen LogP contribution in [0.3, 0.4) is 0 Å². The summed E-state index contributed by atoms with van der Waals surface area (Å²) in [6, 6.07) is 14.6. The number of hydrogen-bond donors (Lipinski definition) is 2. The smallest absolute Gasteiger partial charge is 0.254 e. The molecule has 3 aromatic carbocycles. The zero-order valence-corrected chi connectivity index (χ0v) is 21.0. The lowest BCUT2D eigenvalue weighted by Crippen LogP contribution is -2.30. The van der Waals surface area contributed by atoms with Crippen molar-refractivity contribution in [3.05, 3.63) is 105 Å². The first-order valence-corrected chi connectivity index (χ1v) is 12.0. The number of carbonyl (C=O) groups excluding carboxylic acids is 1. The number of amides is 1. The Kier molecular flexibility index (Phi) is 6.66. The van der Waals surface area contributed by atoms with Crippen molar-refractivity contribution in [2.24, 2.45) is 0 Å². The van der Waals surface area contributed by atoms with Crippen molar-refractivity contribution in [1.82, 2.24) is 30.0 Å². The number of H-pyrrole nitrogens is 1.